The van der Waals surface area contributed by atoms with E-state index in [1.165, 1.54) is 0 Å². The Hall–Kier alpha value is -1.30. The second-order valence-corrected chi connectivity index (χ2v) is 6.21. The van der Waals surface area contributed by atoms with E-state index in [-0.39, 0.29) is 12.3 Å². The van der Waals surface area contributed by atoms with E-state index in [4.69, 9.17) is 11.6 Å². The van der Waals surface area contributed by atoms with Crippen LogP contribution in [0.3, 0.4) is 0 Å². The zero-order chi connectivity index (χ0) is 14.4. The molecule has 3 nitrogen and oxygen atoms in total. The Labute approximate surface area is 131 Å². The molecular formula is C14H13ClN2OS2. The molecule has 6 heteroatoms. The largest absolute Gasteiger partial charge is 0.273 e. The third-order valence-corrected chi connectivity index (χ3v) is 4.40. The van der Waals surface area contributed by atoms with Gasteiger partial charge in [-0.15, -0.1) is 23.1 Å². The summed E-state index contributed by atoms with van der Waals surface area (Å²) in [6, 6.07) is 9.43. The van der Waals surface area contributed by atoms with Crippen LogP contribution < -0.4 is 5.43 Å². The summed E-state index contributed by atoms with van der Waals surface area (Å²) in [5, 5.41) is 6.52. The highest BCUT2D eigenvalue weighted by Gasteiger charge is 2.07. The Bertz CT molecular complexity index is 612. The molecule has 104 valence electrons. The first kappa shape index (κ1) is 15.1. The molecule has 0 aliphatic heterocycles. The van der Waals surface area contributed by atoms with Gasteiger partial charge in [0.05, 0.1) is 12.6 Å². The van der Waals surface area contributed by atoms with Crippen LogP contribution in [-0.4, -0.2) is 18.4 Å². The molecule has 0 unspecified atom stereocenters. The van der Waals surface area contributed by atoms with Crippen molar-refractivity contribution in [2.45, 2.75) is 11.3 Å². The maximum atomic E-state index is 11.8. The molecule has 0 saturated carbocycles. The van der Waals surface area contributed by atoms with E-state index in [2.05, 4.69) is 10.5 Å². The van der Waals surface area contributed by atoms with Crippen molar-refractivity contribution in [2.24, 2.45) is 5.10 Å². The molecule has 20 heavy (non-hydrogen) atoms. The highest BCUT2D eigenvalue weighted by atomic mass is 35.5. The zero-order valence-electron chi connectivity index (χ0n) is 10.8. The van der Waals surface area contributed by atoms with Gasteiger partial charge in [0.2, 0.25) is 5.91 Å². The fourth-order valence-corrected chi connectivity index (χ4v) is 3.01. The number of thiophene rings is 1. The van der Waals surface area contributed by atoms with E-state index in [0.717, 1.165) is 15.3 Å². The van der Waals surface area contributed by atoms with E-state index in [1.807, 2.05) is 42.0 Å². The van der Waals surface area contributed by atoms with Crippen molar-refractivity contribution in [3.63, 3.8) is 0 Å². The Morgan fingerprint density at radius 3 is 3.05 bits per heavy atom. The molecule has 1 aromatic carbocycles. The van der Waals surface area contributed by atoms with Crippen molar-refractivity contribution in [1.29, 1.82) is 0 Å². The van der Waals surface area contributed by atoms with Crippen LogP contribution in [0.2, 0.25) is 5.02 Å². The Balaban J connectivity index is 1.96. The van der Waals surface area contributed by atoms with Gasteiger partial charge in [0, 0.05) is 14.8 Å². The third kappa shape index (κ3) is 4.37. The highest BCUT2D eigenvalue weighted by Crippen LogP contribution is 2.24. The highest BCUT2D eigenvalue weighted by molar-refractivity contribution is 7.98. The molecule has 2 aromatic rings. The number of hydrazone groups is 1. The number of thioether (sulfide) groups is 1. The van der Waals surface area contributed by atoms with Crippen molar-refractivity contribution in [1.82, 2.24) is 5.43 Å². The fourth-order valence-electron chi connectivity index (χ4n) is 1.63. The van der Waals surface area contributed by atoms with Gasteiger partial charge in [-0.3, -0.25) is 4.79 Å². The lowest BCUT2D eigenvalue weighted by Crippen LogP contribution is -2.20. The van der Waals surface area contributed by atoms with Crippen LogP contribution in [0.4, 0.5) is 0 Å². The van der Waals surface area contributed by atoms with Gasteiger partial charge >= 0.3 is 0 Å². The van der Waals surface area contributed by atoms with E-state index < -0.39 is 0 Å². The van der Waals surface area contributed by atoms with Crippen LogP contribution in [0.5, 0.6) is 0 Å². The zero-order valence-corrected chi connectivity index (χ0v) is 13.2. The normalized spacial score (nSPS) is 10.9. The van der Waals surface area contributed by atoms with Crippen molar-refractivity contribution in [3.05, 3.63) is 51.2 Å². The third-order valence-electron chi connectivity index (χ3n) is 2.52. The van der Waals surface area contributed by atoms with Gasteiger partial charge in [-0.2, -0.15) is 5.10 Å². The Kier molecular flexibility index (Phi) is 5.64. The van der Waals surface area contributed by atoms with Crippen LogP contribution >= 0.6 is 34.7 Å². The Morgan fingerprint density at radius 2 is 2.35 bits per heavy atom. The van der Waals surface area contributed by atoms with Gasteiger partial charge in [-0.25, -0.2) is 5.43 Å². The number of benzene rings is 1. The molecule has 1 heterocycles. The summed E-state index contributed by atoms with van der Waals surface area (Å²) >= 11 is 9.12. The van der Waals surface area contributed by atoms with Crippen LogP contribution in [0.1, 0.15) is 10.4 Å². The standard InChI is InChI=1S/C14H13ClN2OS2/c1-19-13-5-4-11(15)7-10(13)8-14(18)17-16-9-12-3-2-6-20-12/h2-7,9H,8H2,1H3,(H,17,18)/b16-9-. The number of hydrogen-bond donors (Lipinski definition) is 1. The topological polar surface area (TPSA) is 41.5 Å². The number of hydrogen-bond acceptors (Lipinski definition) is 4. The molecule has 1 aromatic heterocycles. The molecular weight excluding hydrogens is 312 g/mol. The minimum absolute atomic E-state index is 0.157. The number of nitrogens with one attached hydrogen (secondary N) is 1. The lowest BCUT2D eigenvalue weighted by molar-refractivity contribution is -0.120. The minimum Gasteiger partial charge on any atom is -0.273 e. The van der Waals surface area contributed by atoms with Crippen molar-refractivity contribution < 1.29 is 4.79 Å². The Morgan fingerprint density at radius 1 is 1.50 bits per heavy atom. The van der Waals surface area contributed by atoms with Gasteiger partial charge in [0.25, 0.3) is 0 Å². The average Bonchev–Trinajstić information content (AvgIpc) is 2.92. The van der Waals surface area contributed by atoms with Gasteiger partial charge in [0.15, 0.2) is 0 Å². The monoisotopic (exact) mass is 324 g/mol. The molecule has 0 radical (unpaired) electrons. The second kappa shape index (κ2) is 7.47. The van der Waals surface area contributed by atoms with Crippen molar-refractivity contribution >= 4 is 46.8 Å². The molecule has 2 rings (SSSR count). The number of rotatable bonds is 5. The lowest BCUT2D eigenvalue weighted by atomic mass is 10.1. The summed E-state index contributed by atoms with van der Waals surface area (Å²) in [5.41, 5.74) is 3.44. The minimum atomic E-state index is -0.157. The first-order chi connectivity index (χ1) is 9.69. The van der Waals surface area contributed by atoms with Gasteiger partial charge < -0.3 is 0 Å². The van der Waals surface area contributed by atoms with E-state index in [9.17, 15) is 4.79 Å². The first-order valence-corrected chi connectivity index (χ1v) is 8.35. The summed E-state index contributed by atoms with van der Waals surface area (Å²) < 4.78 is 0. The molecule has 0 fully saturated rings. The SMILES string of the molecule is CSc1ccc(Cl)cc1CC(=O)N/N=C\c1cccs1. The quantitative estimate of drug-likeness (QED) is 0.516. The molecule has 0 atom stereocenters. The summed E-state index contributed by atoms with van der Waals surface area (Å²) in [7, 11) is 0. The van der Waals surface area contributed by atoms with Gasteiger partial charge in [-0.1, -0.05) is 17.7 Å². The maximum absolute atomic E-state index is 11.8. The van der Waals surface area contributed by atoms with E-state index >= 15 is 0 Å². The first-order valence-electron chi connectivity index (χ1n) is 5.87. The van der Waals surface area contributed by atoms with Crippen LogP contribution in [0, 0.1) is 0 Å². The van der Waals surface area contributed by atoms with Gasteiger partial charge in [0.1, 0.15) is 0 Å². The fraction of sp³-hybridized carbons (Fsp3) is 0.143. The summed E-state index contributed by atoms with van der Waals surface area (Å²) in [4.78, 5) is 13.9. The summed E-state index contributed by atoms with van der Waals surface area (Å²) in [5.74, 6) is -0.157. The smallest absolute Gasteiger partial charge is 0.244 e. The molecule has 0 aliphatic carbocycles. The van der Waals surface area contributed by atoms with Crippen molar-refractivity contribution in [3.8, 4) is 0 Å². The van der Waals surface area contributed by atoms with Crippen LogP contribution in [0.25, 0.3) is 0 Å². The number of nitrogens with zero attached hydrogens (tertiary/aromatic N) is 1. The predicted octanol–water partition coefficient (Wildman–Crippen LogP) is 3.82. The predicted molar refractivity (Wildman–Crippen MR) is 87.0 cm³/mol. The van der Waals surface area contributed by atoms with E-state index in [1.54, 1.807) is 29.3 Å². The van der Waals surface area contributed by atoms with E-state index in [0.29, 0.717) is 5.02 Å². The van der Waals surface area contributed by atoms with Crippen LogP contribution in [-0.2, 0) is 11.2 Å². The number of carbonyl (C=O) groups excluding carboxylic acids is 1. The maximum Gasteiger partial charge on any atom is 0.244 e. The molecule has 1 N–H and O–H groups in total. The summed E-state index contributed by atoms with van der Waals surface area (Å²) in [6.07, 6.45) is 3.87. The van der Waals surface area contributed by atoms with Gasteiger partial charge in [-0.05, 0) is 41.5 Å². The lowest BCUT2D eigenvalue weighted by Gasteiger charge is -2.06. The molecule has 0 saturated heterocycles. The number of amides is 1. The number of carbonyl (C=O) groups is 1. The molecule has 0 aliphatic rings. The average molecular weight is 325 g/mol. The molecule has 0 spiro atoms. The molecule has 1 amide bonds. The summed E-state index contributed by atoms with van der Waals surface area (Å²) in [6.45, 7) is 0. The second-order valence-electron chi connectivity index (χ2n) is 3.94. The van der Waals surface area contributed by atoms with Crippen molar-refractivity contribution in [2.75, 3.05) is 6.26 Å². The molecule has 0 bridgehead atoms. The van der Waals surface area contributed by atoms with Crippen LogP contribution in [0.15, 0.2) is 45.7 Å². The number of halogens is 1.